The summed E-state index contributed by atoms with van der Waals surface area (Å²) in [6.45, 7) is 5.60. The van der Waals surface area contributed by atoms with Crippen molar-refractivity contribution in [2.24, 2.45) is 5.41 Å². The zero-order valence-electron chi connectivity index (χ0n) is 13.8. The first-order valence-corrected chi connectivity index (χ1v) is 10.3. The van der Waals surface area contributed by atoms with Gasteiger partial charge < -0.3 is 4.74 Å². The van der Waals surface area contributed by atoms with E-state index in [1.165, 1.54) is 5.56 Å². The van der Waals surface area contributed by atoms with Crippen molar-refractivity contribution in [2.75, 3.05) is 31.2 Å². The second-order valence-electron chi connectivity index (χ2n) is 6.89. The lowest BCUT2D eigenvalue weighted by Gasteiger charge is -2.44. The molecule has 23 heavy (non-hydrogen) atoms. The van der Waals surface area contributed by atoms with Gasteiger partial charge in [0.2, 0.25) is 0 Å². The molecule has 0 unspecified atom stereocenters. The molecule has 2 saturated heterocycles. The Morgan fingerprint density at radius 1 is 1.17 bits per heavy atom. The monoisotopic (exact) mass is 338 g/mol. The number of piperidine rings is 1. The van der Waals surface area contributed by atoms with Crippen molar-refractivity contribution in [1.29, 1.82) is 0 Å². The van der Waals surface area contributed by atoms with E-state index < -0.39 is 9.84 Å². The van der Waals surface area contributed by atoms with Gasteiger partial charge in [-0.1, -0.05) is 0 Å². The molecule has 1 spiro atoms. The number of nitrogens with zero attached hydrogens (tertiary/aromatic N) is 2. The summed E-state index contributed by atoms with van der Waals surface area (Å²) in [5.41, 5.74) is 1.45. The van der Waals surface area contributed by atoms with E-state index in [1.807, 2.05) is 13.1 Å². The van der Waals surface area contributed by atoms with Crippen molar-refractivity contribution >= 4 is 9.84 Å². The fourth-order valence-corrected chi connectivity index (χ4v) is 5.40. The van der Waals surface area contributed by atoms with Crippen LogP contribution in [0.25, 0.3) is 0 Å². The van der Waals surface area contributed by atoms with Gasteiger partial charge in [0, 0.05) is 12.7 Å². The van der Waals surface area contributed by atoms with Crippen molar-refractivity contribution in [1.82, 2.24) is 9.88 Å². The Bertz CT molecular complexity index is 621. The van der Waals surface area contributed by atoms with Gasteiger partial charge in [0.25, 0.3) is 0 Å². The Hall–Kier alpha value is -1.14. The topological polar surface area (TPSA) is 59.5 Å². The average Bonchev–Trinajstić information content (AvgIpc) is 2.54. The highest BCUT2D eigenvalue weighted by atomic mass is 32.2. The Kier molecular flexibility index (Phi) is 4.92. The second-order valence-corrected chi connectivity index (χ2v) is 9.19. The van der Waals surface area contributed by atoms with Crippen LogP contribution in [-0.2, 0) is 16.4 Å². The largest absolute Gasteiger partial charge is 0.492 e. The van der Waals surface area contributed by atoms with Crippen molar-refractivity contribution in [3.63, 3.8) is 0 Å². The zero-order chi connectivity index (χ0) is 16.3. The van der Waals surface area contributed by atoms with Crippen LogP contribution in [0.5, 0.6) is 5.75 Å². The molecule has 0 N–H and O–H groups in total. The van der Waals surface area contributed by atoms with E-state index in [4.69, 9.17) is 4.74 Å². The summed E-state index contributed by atoms with van der Waals surface area (Å²) < 4.78 is 28.8. The maximum absolute atomic E-state index is 11.6. The number of pyridine rings is 1. The number of aromatic nitrogens is 1. The van der Waals surface area contributed by atoms with Crippen molar-refractivity contribution in [3.8, 4) is 5.75 Å². The highest BCUT2D eigenvalue weighted by Gasteiger charge is 2.39. The van der Waals surface area contributed by atoms with Gasteiger partial charge in [0.15, 0.2) is 0 Å². The van der Waals surface area contributed by atoms with Gasteiger partial charge in [-0.25, -0.2) is 8.42 Å². The first-order chi connectivity index (χ1) is 11.0. The SMILES string of the molecule is CCOc1cncc(CN2CCC3(CC2)CCS(=O)(=O)CC3)c1. The first-order valence-electron chi connectivity index (χ1n) is 8.50. The van der Waals surface area contributed by atoms with Crippen LogP contribution in [0.3, 0.4) is 0 Å². The molecule has 128 valence electrons. The molecule has 2 aliphatic rings. The first kappa shape index (κ1) is 16.7. The molecule has 6 heteroatoms. The fraction of sp³-hybridized carbons (Fsp3) is 0.706. The minimum atomic E-state index is -2.77. The van der Waals surface area contributed by atoms with Gasteiger partial charge in [-0.15, -0.1) is 0 Å². The molecule has 0 aromatic carbocycles. The van der Waals surface area contributed by atoms with Crippen LogP contribution in [0.2, 0.25) is 0 Å². The molecule has 1 aromatic rings. The molecule has 0 bridgehead atoms. The zero-order valence-corrected chi connectivity index (χ0v) is 14.6. The maximum Gasteiger partial charge on any atom is 0.150 e. The van der Waals surface area contributed by atoms with Crippen LogP contribution in [0, 0.1) is 5.41 Å². The Morgan fingerprint density at radius 2 is 1.87 bits per heavy atom. The summed E-state index contributed by atoms with van der Waals surface area (Å²) in [6.07, 6.45) is 7.58. The number of ether oxygens (including phenoxy) is 1. The third-order valence-corrected chi connectivity index (χ3v) is 6.94. The molecule has 3 rings (SSSR count). The molecule has 0 radical (unpaired) electrons. The van der Waals surface area contributed by atoms with Gasteiger partial charge >= 0.3 is 0 Å². The predicted octanol–water partition coefficient (Wildman–Crippen LogP) is 2.27. The number of likely N-dealkylation sites (tertiary alicyclic amines) is 1. The van der Waals surface area contributed by atoms with E-state index in [9.17, 15) is 8.42 Å². The fourth-order valence-electron chi connectivity index (χ4n) is 3.71. The van der Waals surface area contributed by atoms with Gasteiger partial charge in [0.05, 0.1) is 24.3 Å². The van der Waals surface area contributed by atoms with E-state index in [-0.39, 0.29) is 5.41 Å². The van der Waals surface area contributed by atoms with Crippen LogP contribution in [-0.4, -0.2) is 49.5 Å². The van der Waals surface area contributed by atoms with Gasteiger partial charge in [-0.05, 0) is 62.7 Å². The Morgan fingerprint density at radius 3 is 2.52 bits per heavy atom. The number of hydrogen-bond acceptors (Lipinski definition) is 5. The molecule has 1 aromatic heterocycles. The van der Waals surface area contributed by atoms with E-state index in [1.54, 1.807) is 6.20 Å². The summed E-state index contributed by atoms with van der Waals surface area (Å²) in [6, 6.07) is 2.06. The Labute approximate surface area is 139 Å². The Balaban J connectivity index is 1.54. The smallest absolute Gasteiger partial charge is 0.150 e. The molecular weight excluding hydrogens is 312 g/mol. The van der Waals surface area contributed by atoms with E-state index in [0.717, 1.165) is 51.1 Å². The molecule has 2 aliphatic heterocycles. The van der Waals surface area contributed by atoms with Crippen LogP contribution < -0.4 is 4.74 Å². The maximum atomic E-state index is 11.6. The van der Waals surface area contributed by atoms with Crippen molar-refractivity contribution in [3.05, 3.63) is 24.0 Å². The van der Waals surface area contributed by atoms with Crippen LogP contribution >= 0.6 is 0 Å². The molecule has 0 atom stereocenters. The standard InChI is InChI=1S/C17H26N2O3S/c1-2-22-16-11-15(12-18-13-16)14-19-7-3-17(4-8-19)5-9-23(20,21)10-6-17/h11-13H,2-10,14H2,1H3. The lowest BCUT2D eigenvalue weighted by Crippen LogP contribution is -2.43. The molecule has 0 amide bonds. The van der Waals surface area contributed by atoms with Gasteiger partial charge in [0.1, 0.15) is 15.6 Å². The quantitative estimate of drug-likeness (QED) is 0.843. The third-order valence-electron chi connectivity index (χ3n) is 5.29. The molecule has 0 saturated carbocycles. The summed E-state index contributed by atoms with van der Waals surface area (Å²) in [5.74, 6) is 1.59. The van der Waals surface area contributed by atoms with Crippen molar-refractivity contribution < 1.29 is 13.2 Å². The van der Waals surface area contributed by atoms with E-state index in [0.29, 0.717) is 18.1 Å². The highest BCUT2D eigenvalue weighted by molar-refractivity contribution is 7.91. The van der Waals surface area contributed by atoms with Crippen LogP contribution in [0.1, 0.15) is 38.2 Å². The van der Waals surface area contributed by atoms with Crippen LogP contribution in [0.4, 0.5) is 0 Å². The normalized spacial score (nSPS) is 23.7. The summed E-state index contributed by atoms with van der Waals surface area (Å²) >= 11 is 0. The average molecular weight is 338 g/mol. The molecule has 2 fully saturated rings. The minimum absolute atomic E-state index is 0.271. The van der Waals surface area contributed by atoms with Crippen LogP contribution in [0.15, 0.2) is 18.5 Å². The third kappa shape index (κ3) is 4.23. The van der Waals surface area contributed by atoms with E-state index >= 15 is 0 Å². The highest BCUT2D eigenvalue weighted by Crippen LogP contribution is 2.42. The minimum Gasteiger partial charge on any atom is -0.492 e. The predicted molar refractivity (Wildman–Crippen MR) is 90.2 cm³/mol. The summed E-state index contributed by atoms with van der Waals surface area (Å²) in [7, 11) is -2.77. The molecule has 5 nitrogen and oxygen atoms in total. The molecule has 3 heterocycles. The van der Waals surface area contributed by atoms with E-state index in [2.05, 4.69) is 16.0 Å². The lowest BCUT2D eigenvalue weighted by atomic mass is 9.74. The van der Waals surface area contributed by atoms with Gasteiger partial charge in [-0.3, -0.25) is 9.88 Å². The molecular formula is C17H26N2O3S. The van der Waals surface area contributed by atoms with Crippen molar-refractivity contribution in [2.45, 2.75) is 39.2 Å². The summed E-state index contributed by atoms with van der Waals surface area (Å²) in [4.78, 5) is 6.70. The number of sulfone groups is 1. The summed E-state index contributed by atoms with van der Waals surface area (Å²) in [5, 5.41) is 0. The number of hydrogen-bond donors (Lipinski definition) is 0. The number of rotatable bonds is 4. The second kappa shape index (κ2) is 6.77. The van der Waals surface area contributed by atoms with Gasteiger partial charge in [-0.2, -0.15) is 0 Å². The lowest BCUT2D eigenvalue weighted by molar-refractivity contribution is 0.0889. The molecule has 0 aliphatic carbocycles.